The van der Waals surface area contributed by atoms with Gasteiger partial charge in [-0.3, -0.25) is 9.59 Å². The molecule has 3 rings (SSSR count). The molecule has 0 aromatic carbocycles. The molecule has 2 aromatic heterocycles. The summed E-state index contributed by atoms with van der Waals surface area (Å²) in [5.74, 6) is 0.541. The highest BCUT2D eigenvalue weighted by atomic mass is 32.1. The zero-order valence-electron chi connectivity index (χ0n) is 13.9. The Balaban J connectivity index is 1.79. The Bertz CT molecular complexity index is 796. The van der Waals surface area contributed by atoms with E-state index in [0.717, 1.165) is 29.5 Å². The van der Waals surface area contributed by atoms with Crippen molar-refractivity contribution in [2.24, 2.45) is 0 Å². The Morgan fingerprint density at radius 3 is 2.92 bits per heavy atom. The molecule has 24 heavy (non-hydrogen) atoms. The zero-order chi connectivity index (χ0) is 17.1. The lowest BCUT2D eigenvalue weighted by molar-refractivity contribution is -0.131. The van der Waals surface area contributed by atoms with Gasteiger partial charge < -0.3 is 15.0 Å². The maximum absolute atomic E-state index is 12.5. The Hall–Kier alpha value is -1.73. The van der Waals surface area contributed by atoms with Crippen LogP contribution in [0, 0.1) is 0 Å². The van der Waals surface area contributed by atoms with E-state index in [1.165, 1.54) is 16.9 Å². The average molecular weight is 349 g/mol. The molecule has 2 aromatic rings. The number of thiophene rings is 1. The molecule has 130 valence electrons. The van der Waals surface area contributed by atoms with Gasteiger partial charge in [0.25, 0.3) is 5.56 Å². The number of nitrogens with one attached hydrogen (secondary N) is 1. The van der Waals surface area contributed by atoms with E-state index < -0.39 is 0 Å². The van der Waals surface area contributed by atoms with Crippen LogP contribution >= 0.6 is 11.3 Å². The van der Waals surface area contributed by atoms with Gasteiger partial charge in [0.15, 0.2) is 0 Å². The number of aromatic nitrogens is 2. The van der Waals surface area contributed by atoms with Gasteiger partial charge in [0.1, 0.15) is 10.7 Å². The second kappa shape index (κ2) is 7.44. The minimum Gasteiger partial charge on any atom is -0.395 e. The van der Waals surface area contributed by atoms with Crippen LogP contribution in [-0.4, -0.2) is 45.6 Å². The number of likely N-dealkylation sites (N-methyl/N-ethyl adjacent to an activating group) is 1. The third-order valence-corrected chi connectivity index (χ3v) is 5.74. The van der Waals surface area contributed by atoms with Crippen LogP contribution in [0.4, 0.5) is 0 Å². The van der Waals surface area contributed by atoms with E-state index in [4.69, 9.17) is 5.11 Å². The van der Waals surface area contributed by atoms with Gasteiger partial charge in [0.05, 0.1) is 12.0 Å². The number of aromatic amines is 1. The molecule has 1 aliphatic rings. The largest absolute Gasteiger partial charge is 0.395 e. The summed E-state index contributed by atoms with van der Waals surface area (Å²) >= 11 is 1.62. The Kier molecular flexibility index (Phi) is 5.30. The summed E-state index contributed by atoms with van der Waals surface area (Å²) in [6.07, 6.45) is 5.01. The molecule has 0 atom stereocenters. The fourth-order valence-corrected chi connectivity index (χ4v) is 4.57. The SMILES string of the molecule is CCN(CCO)C(=O)CCc1nc2sc3c(c2c(=O)[nH]1)CCCC3. The molecule has 1 amide bonds. The maximum Gasteiger partial charge on any atom is 0.259 e. The first-order valence-electron chi connectivity index (χ1n) is 8.56. The van der Waals surface area contributed by atoms with Crippen molar-refractivity contribution in [1.82, 2.24) is 14.9 Å². The smallest absolute Gasteiger partial charge is 0.259 e. The van der Waals surface area contributed by atoms with Gasteiger partial charge in [0.2, 0.25) is 5.91 Å². The number of nitrogens with zero attached hydrogens (tertiary/aromatic N) is 2. The van der Waals surface area contributed by atoms with Crippen LogP contribution in [-0.2, 0) is 24.1 Å². The predicted molar refractivity (Wildman–Crippen MR) is 94.5 cm³/mol. The lowest BCUT2D eigenvalue weighted by Crippen LogP contribution is -2.33. The molecule has 0 spiro atoms. The number of hydrogen-bond donors (Lipinski definition) is 2. The number of hydrogen-bond acceptors (Lipinski definition) is 5. The van der Waals surface area contributed by atoms with E-state index in [1.807, 2.05) is 6.92 Å². The van der Waals surface area contributed by atoms with Crippen LogP contribution in [0.1, 0.15) is 42.5 Å². The lowest BCUT2D eigenvalue weighted by atomic mass is 9.97. The molecule has 7 heteroatoms. The molecule has 0 saturated carbocycles. The molecule has 2 heterocycles. The molecule has 0 aliphatic heterocycles. The van der Waals surface area contributed by atoms with Gasteiger partial charge in [-0.15, -0.1) is 11.3 Å². The van der Waals surface area contributed by atoms with Crippen molar-refractivity contribution < 1.29 is 9.90 Å². The number of aliphatic hydroxyl groups is 1. The standard InChI is InChI=1S/C17H23N3O3S/c1-2-20(9-10-21)14(22)8-7-13-18-16(23)15-11-5-3-4-6-12(11)24-17(15)19-13/h21H,2-10H2,1H3,(H,18,19,23). The van der Waals surface area contributed by atoms with E-state index in [-0.39, 0.29) is 24.5 Å². The summed E-state index contributed by atoms with van der Waals surface area (Å²) < 4.78 is 0. The molecule has 0 radical (unpaired) electrons. The van der Waals surface area contributed by atoms with Gasteiger partial charge in [-0.25, -0.2) is 4.98 Å². The van der Waals surface area contributed by atoms with Crippen molar-refractivity contribution in [3.8, 4) is 0 Å². The van der Waals surface area contributed by atoms with Gasteiger partial charge in [-0.1, -0.05) is 0 Å². The zero-order valence-corrected chi connectivity index (χ0v) is 14.7. The Labute approximate surface area is 144 Å². The van der Waals surface area contributed by atoms with Crippen molar-refractivity contribution in [2.45, 2.75) is 45.4 Å². The van der Waals surface area contributed by atoms with Gasteiger partial charge in [-0.2, -0.15) is 0 Å². The molecule has 1 aliphatic carbocycles. The average Bonchev–Trinajstić information content (AvgIpc) is 2.96. The lowest BCUT2D eigenvalue weighted by Gasteiger charge is -2.19. The number of aliphatic hydroxyl groups excluding tert-OH is 1. The van der Waals surface area contributed by atoms with Gasteiger partial charge >= 0.3 is 0 Å². The number of carbonyl (C=O) groups excluding carboxylic acids is 1. The number of amides is 1. The number of rotatable bonds is 6. The summed E-state index contributed by atoms with van der Waals surface area (Å²) in [4.78, 5) is 35.7. The molecular formula is C17H23N3O3S. The summed E-state index contributed by atoms with van der Waals surface area (Å²) in [6, 6.07) is 0. The molecule has 6 nitrogen and oxygen atoms in total. The van der Waals surface area contributed by atoms with Crippen molar-refractivity contribution in [1.29, 1.82) is 0 Å². The van der Waals surface area contributed by atoms with Crippen LogP contribution in [0.15, 0.2) is 4.79 Å². The summed E-state index contributed by atoms with van der Waals surface area (Å²) in [6.45, 7) is 2.76. The summed E-state index contributed by atoms with van der Waals surface area (Å²) in [7, 11) is 0. The topological polar surface area (TPSA) is 86.3 Å². The van der Waals surface area contributed by atoms with Crippen LogP contribution in [0.25, 0.3) is 10.2 Å². The minimum atomic E-state index is -0.0791. The van der Waals surface area contributed by atoms with Crippen LogP contribution in [0.3, 0.4) is 0 Å². The Morgan fingerprint density at radius 1 is 1.38 bits per heavy atom. The molecule has 2 N–H and O–H groups in total. The summed E-state index contributed by atoms with van der Waals surface area (Å²) in [5, 5.41) is 9.73. The first-order chi connectivity index (χ1) is 11.6. The van der Waals surface area contributed by atoms with Crippen molar-refractivity contribution in [2.75, 3.05) is 19.7 Å². The van der Waals surface area contributed by atoms with E-state index in [1.54, 1.807) is 16.2 Å². The maximum atomic E-state index is 12.5. The first-order valence-corrected chi connectivity index (χ1v) is 9.37. The van der Waals surface area contributed by atoms with E-state index in [2.05, 4.69) is 9.97 Å². The molecule has 0 bridgehead atoms. The quantitative estimate of drug-likeness (QED) is 0.830. The monoisotopic (exact) mass is 349 g/mol. The highest BCUT2D eigenvalue weighted by Gasteiger charge is 2.20. The van der Waals surface area contributed by atoms with Crippen molar-refractivity contribution >= 4 is 27.5 Å². The molecule has 0 fully saturated rings. The Morgan fingerprint density at radius 2 is 2.17 bits per heavy atom. The molecule has 0 unspecified atom stereocenters. The number of aryl methyl sites for hydroxylation is 3. The van der Waals surface area contributed by atoms with Crippen molar-refractivity contribution in [3.63, 3.8) is 0 Å². The predicted octanol–water partition coefficient (Wildman–Crippen LogP) is 1.64. The van der Waals surface area contributed by atoms with Crippen molar-refractivity contribution in [3.05, 3.63) is 26.6 Å². The highest BCUT2D eigenvalue weighted by Crippen LogP contribution is 2.33. The van der Waals surface area contributed by atoms with Gasteiger partial charge in [-0.05, 0) is 38.2 Å². The normalized spacial score (nSPS) is 13.9. The fourth-order valence-electron chi connectivity index (χ4n) is 3.29. The van der Waals surface area contributed by atoms with E-state index in [0.29, 0.717) is 25.3 Å². The van der Waals surface area contributed by atoms with E-state index in [9.17, 15) is 9.59 Å². The highest BCUT2D eigenvalue weighted by molar-refractivity contribution is 7.18. The third-order valence-electron chi connectivity index (χ3n) is 4.55. The fraction of sp³-hybridized carbons (Fsp3) is 0.588. The van der Waals surface area contributed by atoms with Gasteiger partial charge in [0, 0.05) is 30.8 Å². The summed E-state index contributed by atoms with van der Waals surface area (Å²) in [5.41, 5.74) is 1.10. The number of carbonyl (C=O) groups is 1. The van der Waals surface area contributed by atoms with Crippen LogP contribution in [0.2, 0.25) is 0 Å². The molecular weight excluding hydrogens is 326 g/mol. The molecule has 0 saturated heterocycles. The third kappa shape index (κ3) is 3.37. The second-order valence-corrected chi connectivity index (χ2v) is 7.18. The number of fused-ring (bicyclic) bond motifs is 3. The second-order valence-electron chi connectivity index (χ2n) is 6.10. The minimum absolute atomic E-state index is 0.0280. The van der Waals surface area contributed by atoms with E-state index >= 15 is 0 Å². The van der Waals surface area contributed by atoms with Crippen LogP contribution < -0.4 is 5.56 Å². The first kappa shape index (κ1) is 17.1. The number of H-pyrrole nitrogens is 1. The van der Waals surface area contributed by atoms with Crippen LogP contribution in [0.5, 0.6) is 0 Å².